The molecule has 0 bridgehead atoms. The Hall–Kier alpha value is -0.900. The predicted octanol–water partition coefficient (Wildman–Crippen LogP) is 2.61. The van der Waals surface area contributed by atoms with Gasteiger partial charge in [0.15, 0.2) is 0 Å². The van der Waals surface area contributed by atoms with Crippen molar-refractivity contribution >= 4 is 0 Å². The molecule has 106 valence electrons. The van der Waals surface area contributed by atoms with Gasteiger partial charge in [0.25, 0.3) is 0 Å². The molecule has 1 aliphatic rings. The highest BCUT2D eigenvalue weighted by Crippen LogP contribution is 2.25. The van der Waals surface area contributed by atoms with Crippen LogP contribution in [-0.4, -0.2) is 42.4 Å². The Morgan fingerprint density at radius 3 is 2.53 bits per heavy atom. The van der Waals surface area contributed by atoms with Crippen LogP contribution >= 0.6 is 0 Å². The first-order chi connectivity index (χ1) is 9.33. The molecule has 0 aliphatic carbocycles. The van der Waals surface area contributed by atoms with Gasteiger partial charge in [-0.1, -0.05) is 50.1 Å². The number of aliphatic hydroxyl groups is 1. The van der Waals surface area contributed by atoms with E-state index in [4.69, 9.17) is 4.74 Å². The number of rotatable bonds is 6. The van der Waals surface area contributed by atoms with E-state index in [0.29, 0.717) is 0 Å². The maximum Gasteiger partial charge on any atom is 0.0945 e. The molecule has 0 amide bonds. The number of benzene rings is 1. The smallest absolute Gasteiger partial charge is 0.0945 e. The van der Waals surface area contributed by atoms with E-state index in [1.807, 2.05) is 30.3 Å². The molecule has 1 aromatic carbocycles. The van der Waals surface area contributed by atoms with Crippen molar-refractivity contribution in [1.82, 2.24) is 4.90 Å². The molecule has 19 heavy (non-hydrogen) atoms. The largest absolute Gasteiger partial charge is 0.387 e. The Labute approximate surface area is 116 Å². The first kappa shape index (κ1) is 14.5. The van der Waals surface area contributed by atoms with Gasteiger partial charge in [-0.3, -0.25) is 4.90 Å². The SMILES string of the molecule is CCCCC(C(O)c1ccccc1)N1CCOCC1. The fraction of sp³-hybridized carbons (Fsp3) is 0.625. The molecule has 1 fully saturated rings. The summed E-state index contributed by atoms with van der Waals surface area (Å²) < 4.78 is 5.42. The van der Waals surface area contributed by atoms with Gasteiger partial charge in [0.1, 0.15) is 0 Å². The third kappa shape index (κ3) is 4.03. The van der Waals surface area contributed by atoms with Crippen molar-refractivity contribution < 1.29 is 9.84 Å². The molecule has 2 unspecified atom stereocenters. The minimum absolute atomic E-state index is 0.214. The standard InChI is InChI=1S/C16H25NO2/c1-2-3-9-15(17-10-12-19-13-11-17)16(18)14-7-5-4-6-8-14/h4-8,15-16,18H,2-3,9-13H2,1H3. The van der Waals surface area contributed by atoms with E-state index in [0.717, 1.165) is 44.7 Å². The zero-order valence-corrected chi connectivity index (χ0v) is 11.8. The molecular formula is C16H25NO2. The molecule has 3 nitrogen and oxygen atoms in total. The quantitative estimate of drug-likeness (QED) is 0.856. The van der Waals surface area contributed by atoms with Crippen LogP contribution in [0.4, 0.5) is 0 Å². The van der Waals surface area contributed by atoms with Gasteiger partial charge in [-0.15, -0.1) is 0 Å². The molecule has 1 heterocycles. The van der Waals surface area contributed by atoms with Gasteiger partial charge in [-0.2, -0.15) is 0 Å². The van der Waals surface area contributed by atoms with Gasteiger partial charge in [-0.05, 0) is 12.0 Å². The maximum absolute atomic E-state index is 10.7. The van der Waals surface area contributed by atoms with E-state index in [1.165, 1.54) is 6.42 Å². The summed E-state index contributed by atoms with van der Waals surface area (Å²) in [6.45, 7) is 5.62. The second-order valence-electron chi connectivity index (χ2n) is 5.21. The number of aliphatic hydroxyl groups excluding tert-OH is 1. The molecule has 1 aliphatic heterocycles. The fourth-order valence-corrected chi connectivity index (χ4v) is 2.73. The predicted molar refractivity (Wildman–Crippen MR) is 77.1 cm³/mol. The Morgan fingerprint density at radius 2 is 1.89 bits per heavy atom. The number of hydrogen-bond donors (Lipinski definition) is 1. The summed E-state index contributed by atoms with van der Waals surface area (Å²) in [5, 5.41) is 10.7. The molecule has 1 aromatic rings. The zero-order valence-electron chi connectivity index (χ0n) is 11.8. The summed E-state index contributed by atoms with van der Waals surface area (Å²) in [5.41, 5.74) is 1.02. The van der Waals surface area contributed by atoms with Crippen molar-refractivity contribution in [1.29, 1.82) is 0 Å². The van der Waals surface area contributed by atoms with Crippen molar-refractivity contribution in [2.24, 2.45) is 0 Å². The van der Waals surface area contributed by atoms with E-state index >= 15 is 0 Å². The summed E-state index contributed by atoms with van der Waals surface area (Å²) in [4.78, 5) is 2.39. The van der Waals surface area contributed by atoms with Gasteiger partial charge < -0.3 is 9.84 Å². The van der Waals surface area contributed by atoms with Gasteiger partial charge in [0, 0.05) is 19.1 Å². The average Bonchev–Trinajstić information content (AvgIpc) is 2.49. The van der Waals surface area contributed by atoms with Gasteiger partial charge in [0.05, 0.1) is 19.3 Å². The van der Waals surface area contributed by atoms with E-state index in [9.17, 15) is 5.11 Å². The zero-order chi connectivity index (χ0) is 13.5. The summed E-state index contributed by atoms with van der Waals surface area (Å²) in [5.74, 6) is 0. The lowest BCUT2D eigenvalue weighted by Gasteiger charge is -2.37. The highest BCUT2D eigenvalue weighted by molar-refractivity contribution is 5.19. The highest BCUT2D eigenvalue weighted by Gasteiger charge is 2.27. The monoisotopic (exact) mass is 263 g/mol. The summed E-state index contributed by atoms with van der Waals surface area (Å²) in [6, 6.07) is 10.2. The molecule has 3 heteroatoms. The molecule has 2 atom stereocenters. The van der Waals surface area contributed by atoms with Gasteiger partial charge in [-0.25, -0.2) is 0 Å². The molecule has 1 N–H and O–H groups in total. The first-order valence-corrected chi connectivity index (χ1v) is 7.37. The number of nitrogens with zero attached hydrogens (tertiary/aromatic N) is 1. The van der Waals surface area contributed by atoms with Crippen LogP contribution in [0.1, 0.15) is 37.9 Å². The number of morpholine rings is 1. The van der Waals surface area contributed by atoms with E-state index in [-0.39, 0.29) is 6.04 Å². The van der Waals surface area contributed by atoms with Gasteiger partial charge >= 0.3 is 0 Å². The molecule has 0 radical (unpaired) electrons. The third-order valence-corrected chi connectivity index (χ3v) is 3.87. The molecule has 0 saturated carbocycles. The van der Waals surface area contributed by atoms with Crippen LogP contribution < -0.4 is 0 Å². The lowest BCUT2D eigenvalue weighted by atomic mass is 9.96. The Balaban J connectivity index is 2.07. The van der Waals surface area contributed by atoms with Crippen molar-refractivity contribution in [3.05, 3.63) is 35.9 Å². The molecular weight excluding hydrogens is 238 g/mol. The molecule has 1 saturated heterocycles. The lowest BCUT2D eigenvalue weighted by Crippen LogP contribution is -2.46. The normalized spacial score (nSPS) is 20.1. The number of hydrogen-bond acceptors (Lipinski definition) is 3. The second kappa shape index (κ2) is 7.63. The van der Waals surface area contributed by atoms with Crippen molar-refractivity contribution in [2.75, 3.05) is 26.3 Å². The number of ether oxygens (including phenoxy) is 1. The third-order valence-electron chi connectivity index (χ3n) is 3.87. The fourth-order valence-electron chi connectivity index (χ4n) is 2.73. The summed E-state index contributed by atoms with van der Waals surface area (Å²) >= 11 is 0. The summed E-state index contributed by atoms with van der Waals surface area (Å²) in [7, 11) is 0. The topological polar surface area (TPSA) is 32.7 Å². The van der Waals surface area contributed by atoms with Crippen LogP contribution in [0.3, 0.4) is 0 Å². The molecule has 0 spiro atoms. The van der Waals surface area contributed by atoms with Crippen molar-refractivity contribution in [2.45, 2.75) is 38.3 Å². The summed E-state index contributed by atoms with van der Waals surface area (Å²) in [6.07, 6.45) is 2.98. The second-order valence-corrected chi connectivity index (χ2v) is 5.21. The highest BCUT2D eigenvalue weighted by atomic mass is 16.5. The first-order valence-electron chi connectivity index (χ1n) is 7.37. The van der Waals surface area contributed by atoms with Gasteiger partial charge in [0.2, 0.25) is 0 Å². The van der Waals surface area contributed by atoms with Crippen LogP contribution in [0.15, 0.2) is 30.3 Å². The Morgan fingerprint density at radius 1 is 1.21 bits per heavy atom. The van der Waals surface area contributed by atoms with Crippen LogP contribution in [0, 0.1) is 0 Å². The van der Waals surface area contributed by atoms with E-state index in [2.05, 4.69) is 11.8 Å². The average molecular weight is 263 g/mol. The number of unbranched alkanes of at least 4 members (excludes halogenated alkanes) is 1. The lowest BCUT2D eigenvalue weighted by molar-refractivity contribution is -0.0258. The minimum atomic E-state index is -0.397. The van der Waals surface area contributed by atoms with E-state index < -0.39 is 6.10 Å². The van der Waals surface area contributed by atoms with Crippen molar-refractivity contribution in [3.8, 4) is 0 Å². The van der Waals surface area contributed by atoms with E-state index in [1.54, 1.807) is 0 Å². The van der Waals surface area contributed by atoms with Crippen LogP contribution in [0.2, 0.25) is 0 Å². The Bertz CT molecular complexity index is 349. The minimum Gasteiger partial charge on any atom is -0.387 e. The maximum atomic E-state index is 10.7. The molecule has 0 aromatic heterocycles. The van der Waals surface area contributed by atoms with Crippen LogP contribution in [0.5, 0.6) is 0 Å². The van der Waals surface area contributed by atoms with Crippen LogP contribution in [0.25, 0.3) is 0 Å². The van der Waals surface area contributed by atoms with Crippen molar-refractivity contribution in [3.63, 3.8) is 0 Å². The van der Waals surface area contributed by atoms with Crippen LogP contribution in [-0.2, 0) is 4.74 Å². The Kier molecular flexibility index (Phi) is 5.83. The molecule has 2 rings (SSSR count).